The van der Waals surface area contributed by atoms with Crippen molar-refractivity contribution in [2.45, 2.75) is 39.3 Å². The summed E-state index contributed by atoms with van der Waals surface area (Å²) < 4.78 is 37.6. The van der Waals surface area contributed by atoms with Crippen LogP contribution >= 0.6 is 0 Å². The van der Waals surface area contributed by atoms with Gasteiger partial charge in [-0.05, 0) is 29.9 Å². The largest absolute Gasteiger partial charge is 0.416 e. The van der Waals surface area contributed by atoms with Gasteiger partial charge in [-0.15, -0.1) is 0 Å². The van der Waals surface area contributed by atoms with Gasteiger partial charge in [-0.1, -0.05) is 39.0 Å². The SMILES string of the molecule is CCC(c1cccc(C(F)(F)F)c1)C(C)C. The zero-order valence-electron chi connectivity index (χ0n) is 9.81. The zero-order valence-corrected chi connectivity index (χ0v) is 9.81. The molecule has 0 spiro atoms. The minimum absolute atomic E-state index is 0.197. The first-order chi connectivity index (χ1) is 7.36. The number of halogens is 3. The third-order valence-electron chi connectivity index (χ3n) is 2.89. The summed E-state index contributed by atoms with van der Waals surface area (Å²) in [7, 11) is 0. The van der Waals surface area contributed by atoms with Crippen molar-refractivity contribution in [2.24, 2.45) is 5.92 Å². The molecule has 16 heavy (non-hydrogen) atoms. The summed E-state index contributed by atoms with van der Waals surface area (Å²) in [5, 5.41) is 0. The summed E-state index contributed by atoms with van der Waals surface area (Å²) >= 11 is 0. The zero-order chi connectivity index (χ0) is 12.3. The van der Waals surface area contributed by atoms with Crippen LogP contribution in [0.15, 0.2) is 24.3 Å². The first-order valence-electron chi connectivity index (χ1n) is 5.53. The van der Waals surface area contributed by atoms with Crippen LogP contribution in [-0.4, -0.2) is 0 Å². The second-order valence-corrected chi connectivity index (χ2v) is 4.38. The Kier molecular flexibility index (Phi) is 4.00. The third-order valence-corrected chi connectivity index (χ3v) is 2.89. The number of benzene rings is 1. The van der Waals surface area contributed by atoms with Crippen molar-refractivity contribution in [2.75, 3.05) is 0 Å². The molecule has 0 amide bonds. The summed E-state index contributed by atoms with van der Waals surface area (Å²) in [6, 6.07) is 5.66. The van der Waals surface area contributed by atoms with E-state index in [1.807, 2.05) is 20.8 Å². The molecule has 90 valence electrons. The number of alkyl halides is 3. The predicted octanol–water partition coefficient (Wildman–Crippen LogP) is 4.86. The molecule has 0 nitrogen and oxygen atoms in total. The van der Waals surface area contributed by atoms with Crippen LogP contribution in [0.4, 0.5) is 13.2 Å². The van der Waals surface area contributed by atoms with Gasteiger partial charge in [0.2, 0.25) is 0 Å². The third kappa shape index (κ3) is 3.00. The predicted molar refractivity (Wildman–Crippen MR) is 59.3 cm³/mol. The Labute approximate surface area is 94.5 Å². The molecule has 0 saturated carbocycles. The highest BCUT2D eigenvalue weighted by molar-refractivity contribution is 5.28. The summed E-state index contributed by atoms with van der Waals surface area (Å²) in [5.41, 5.74) is 0.233. The lowest BCUT2D eigenvalue weighted by molar-refractivity contribution is -0.137. The van der Waals surface area contributed by atoms with E-state index in [1.54, 1.807) is 6.07 Å². The Bertz CT molecular complexity index is 339. The van der Waals surface area contributed by atoms with Crippen molar-refractivity contribution in [1.82, 2.24) is 0 Å². The van der Waals surface area contributed by atoms with E-state index >= 15 is 0 Å². The number of hydrogen-bond donors (Lipinski definition) is 0. The van der Waals surface area contributed by atoms with Crippen molar-refractivity contribution in [3.8, 4) is 0 Å². The van der Waals surface area contributed by atoms with Crippen LogP contribution in [0.3, 0.4) is 0 Å². The minimum atomic E-state index is -4.24. The highest BCUT2D eigenvalue weighted by Gasteiger charge is 2.31. The fraction of sp³-hybridized carbons (Fsp3) is 0.538. The molecule has 1 unspecified atom stereocenters. The van der Waals surface area contributed by atoms with E-state index in [2.05, 4.69) is 0 Å². The molecule has 0 aliphatic heterocycles. The second-order valence-electron chi connectivity index (χ2n) is 4.38. The van der Waals surface area contributed by atoms with Crippen LogP contribution in [0.1, 0.15) is 44.2 Å². The van der Waals surface area contributed by atoms with E-state index in [4.69, 9.17) is 0 Å². The molecule has 0 saturated heterocycles. The summed E-state index contributed by atoms with van der Waals surface area (Å²) in [6.45, 7) is 6.08. The van der Waals surface area contributed by atoms with Crippen LogP contribution < -0.4 is 0 Å². The normalized spacial score (nSPS) is 14.2. The van der Waals surface area contributed by atoms with Gasteiger partial charge in [0, 0.05) is 0 Å². The molecule has 0 bridgehead atoms. The highest BCUT2D eigenvalue weighted by atomic mass is 19.4. The minimum Gasteiger partial charge on any atom is -0.166 e. The van der Waals surface area contributed by atoms with Crippen LogP contribution in [0.5, 0.6) is 0 Å². The molecule has 0 aromatic heterocycles. The molecule has 0 heterocycles. The van der Waals surface area contributed by atoms with Crippen molar-refractivity contribution < 1.29 is 13.2 Å². The van der Waals surface area contributed by atoms with E-state index in [0.29, 0.717) is 5.92 Å². The molecule has 1 aromatic carbocycles. The Hall–Kier alpha value is -0.990. The summed E-state index contributed by atoms with van der Waals surface area (Å²) in [4.78, 5) is 0. The van der Waals surface area contributed by atoms with Gasteiger partial charge in [-0.2, -0.15) is 13.2 Å². The van der Waals surface area contributed by atoms with E-state index < -0.39 is 11.7 Å². The summed E-state index contributed by atoms with van der Waals surface area (Å²) in [5.74, 6) is 0.552. The average Bonchev–Trinajstić information content (AvgIpc) is 2.17. The van der Waals surface area contributed by atoms with E-state index in [-0.39, 0.29) is 5.92 Å². The van der Waals surface area contributed by atoms with Crippen LogP contribution in [0.25, 0.3) is 0 Å². The second kappa shape index (κ2) is 4.89. The van der Waals surface area contributed by atoms with Crippen LogP contribution in [0, 0.1) is 5.92 Å². The number of hydrogen-bond acceptors (Lipinski definition) is 0. The van der Waals surface area contributed by atoms with Crippen molar-refractivity contribution in [1.29, 1.82) is 0 Å². The Morgan fingerprint density at radius 2 is 1.81 bits per heavy atom. The molecule has 3 heteroatoms. The molecule has 1 atom stereocenters. The fourth-order valence-corrected chi connectivity index (χ4v) is 2.04. The number of rotatable bonds is 3. The Morgan fingerprint density at radius 1 is 1.19 bits per heavy atom. The van der Waals surface area contributed by atoms with Gasteiger partial charge in [0.05, 0.1) is 5.56 Å². The first kappa shape index (κ1) is 13.1. The van der Waals surface area contributed by atoms with Crippen molar-refractivity contribution in [3.63, 3.8) is 0 Å². The average molecular weight is 230 g/mol. The molecule has 0 radical (unpaired) electrons. The van der Waals surface area contributed by atoms with Crippen LogP contribution in [0.2, 0.25) is 0 Å². The monoisotopic (exact) mass is 230 g/mol. The Morgan fingerprint density at radius 3 is 2.25 bits per heavy atom. The van der Waals surface area contributed by atoms with Crippen LogP contribution in [-0.2, 0) is 6.18 Å². The molecular weight excluding hydrogens is 213 g/mol. The molecule has 1 rings (SSSR count). The molecule has 0 N–H and O–H groups in total. The van der Waals surface area contributed by atoms with Crippen molar-refractivity contribution >= 4 is 0 Å². The lowest BCUT2D eigenvalue weighted by atomic mass is 9.86. The molecule has 0 aliphatic carbocycles. The maximum Gasteiger partial charge on any atom is 0.416 e. The standard InChI is InChI=1S/C13H17F3/c1-4-12(9(2)3)10-6-5-7-11(8-10)13(14,15)16/h5-9,12H,4H2,1-3H3. The van der Waals surface area contributed by atoms with Gasteiger partial charge in [0.15, 0.2) is 0 Å². The fourth-order valence-electron chi connectivity index (χ4n) is 2.04. The lowest BCUT2D eigenvalue weighted by Gasteiger charge is -2.20. The first-order valence-corrected chi connectivity index (χ1v) is 5.53. The van der Waals surface area contributed by atoms with E-state index in [9.17, 15) is 13.2 Å². The van der Waals surface area contributed by atoms with E-state index in [0.717, 1.165) is 18.1 Å². The molecular formula is C13H17F3. The molecule has 1 aromatic rings. The van der Waals surface area contributed by atoms with Gasteiger partial charge in [0.25, 0.3) is 0 Å². The smallest absolute Gasteiger partial charge is 0.166 e. The van der Waals surface area contributed by atoms with Gasteiger partial charge in [0.1, 0.15) is 0 Å². The molecule has 0 aliphatic rings. The van der Waals surface area contributed by atoms with Gasteiger partial charge in [-0.3, -0.25) is 0 Å². The Balaban J connectivity index is 3.07. The van der Waals surface area contributed by atoms with Crippen molar-refractivity contribution in [3.05, 3.63) is 35.4 Å². The molecule has 0 fully saturated rings. The van der Waals surface area contributed by atoms with Gasteiger partial charge >= 0.3 is 6.18 Å². The quantitative estimate of drug-likeness (QED) is 0.696. The highest BCUT2D eigenvalue weighted by Crippen LogP contribution is 2.33. The van der Waals surface area contributed by atoms with E-state index in [1.165, 1.54) is 12.1 Å². The summed E-state index contributed by atoms with van der Waals surface area (Å²) in [6.07, 6.45) is -3.38. The maximum absolute atomic E-state index is 12.5. The topological polar surface area (TPSA) is 0 Å². The van der Waals surface area contributed by atoms with Gasteiger partial charge in [-0.25, -0.2) is 0 Å². The lowest BCUT2D eigenvalue weighted by Crippen LogP contribution is -2.09. The van der Waals surface area contributed by atoms with Gasteiger partial charge < -0.3 is 0 Å². The maximum atomic E-state index is 12.5.